The van der Waals surface area contributed by atoms with E-state index < -0.39 is 5.54 Å². The van der Waals surface area contributed by atoms with Crippen molar-refractivity contribution in [1.82, 2.24) is 20.3 Å². The Morgan fingerprint density at radius 1 is 1.09 bits per heavy atom. The fourth-order valence-electron chi connectivity index (χ4n) is 4.55. The van der Waals surface area contributed by atoms with Crippen molar-refractivity contribution in [3.63, 3.8) is 0 Å². The average Bonchev–Trinajstić information content (AvgIpc) is 3.34. The molecule has 1 atom stereocenters. The summed E-state index contributed by atoms with van der Waals surface area (Å²) in [5.41, 5.74) is 8.68. The summed E-state index contributed by atoms with van der Waals surface area (Å²) in [6, 6.07) is 19.5. The minimum atomic E-state index is -0.942. The summed E-state index contributed by atoms with van der Waals surface area (Å²) in [7, 11) is 0. The Labute approximate surface area is 203 Å². The number of anilines is 1. The number of nitrogens with two attached hydrogens (primary N) is 1. The van der Waals surface area contributed by atoms with Crippen LogP contribution in [0.15, 0.2) is 73.2 Å². The first-order valence-electron chi connectivity index (χ1n) is 11.4. The summed E-state index contributed by atoms with van der Waals surface area (Å²) >= 11 is 6.10. The summed E-state index contributed by atoms with van der Waals surface area (Å²) in [6.07, 6.45) is 5.16. The molecule has 174 valence electrons. The summed E-state index contributed by atoms with van der Waals surface area (Å²) in [5.74, 6) is 0.745. The van der Waals surface area contributed by atoms with E-state index in [1.165, 1.54) is 0 Å². The average molecular weight is 475 g/mol. The van der Waals surface area contributed by atoms with Gasteiger partial charge in [-0.2, -0.15) is 0 Å². The zero-order valence-corrected chi connectivity index (χ0v) is 19.5. The predicted octanol–water partition coefficient (Wildman–Crippen LogP) is 4.01. The molecule has 8 heteroatoms. The monoisotopic (exact) mass is 474 g/mol. The van der Waals surface area contributed by atoms with E-state index >= 15 is 0 Å². The second kappa shape index (κ2) is 9.44. The number of rotatable bonds is 6. The van der Waals surface area contributed by atoms with Gasteiger partial charge in [-0.05, 0) is 48.6 Å². The van der Waals surface area contributed by atoms with Crippen LogP contribution in [0.3, 0.4) is 0 Å². The van der Waals surface area contributed by atoms with Crippen molar-refractivity contribution in [3.8, 4) is 0 Å². The zero-order valence-electron chi connectivity index (χ0n) is 18.7. The number of halogens is 1. The third-order valence-electron chi connectivity index (χ3n) is 6.60. The lowest BCUT2D eigenvalue weighted by Gasteiger charge is -2.39. The van der Waals surface area contributed by atoms with E-state index in [9.17, 15) is 4.79 Å². The number of carbonyl (C=O) groups is 1. The van der Waals surface area contributed by atoms with Crippen LogP contribution >= 0.6 is 11.6 Å². The van der Waals surface area contributed by atoms with Gasteiger partial charge in [-0.15, -0.1) is 0 Å². The Morgan fingerprint density at radius 3 is 2.56 bits per heavy atom. The molecule has 1 amide bonds. The van der Waals surface area contributed by atoms with Crippen molar-refractivity contribution >= 4 is 34.4 Å². The van der Waals surface area contributed by atoms with Crippen LogP contribution in [0.4, 0.5) is 5.82 Å². The van der Waals surface area contributed by atoms with Gasteiger partial charge in [0.15, 0.2) is 0 Å². The zero-order chi connectivity index (χ0) is 23.5. The number of H-pyrrole nitrogens is 1. The van der Waals surface area contributed by atoms with Crippen LogP contribution in [0.5, 0.6) is 0 Å². The molecule has 4 N–H and O–H groups in total. The van der Waals surface area contributed by atoms with Gasteiger partial charge in [-0.25, -0.2) is 9.97 Å². The Balaban J connectivity index is 1.31. The Bertz CT molecular complexity index is 1270. The number of aromatic nitrogens is 3. The Kier molecular flexibility index (Phi) is 6.22. The van der Waals surface area contributed by atoms with Crippen LogP contribution in [-0.4, -0.2) is 39.5 Å². The first-order chi connectivity index (χ1) is 16.5. The van der Waals surface area contributed by atoms with Gasteiger partial charge in [-0.3, -0.25) is 4.79 Å². The number of fused-ring (bicyclic) bond motifs is 1. The lowest BCUT2D eigenvalue weighted by atomic mass is 9.86. The van der Waals surface area contributed by atoms with Crippen molar-refractivity contribution in [3.05, 3.63) is 89.3 Å². The number of nitrogens with zero attached hydrogens (tertiary/aromatic N) is 3. The molecule has 0 aliphatic carbocycles. The van der Waals surface area contributed by atoms with Gasteiger partial charge in [0.25, 0.3) is 0 Å². The largest absolute Gasteiger partial charge is 0.356 e. The lowest BCUT2D eigenvalue weighted by molar-refractivity contribution is -0.127. The maximum absolute atomic E-state index is 13.5. The maximum atomic E-state index is 13.5. The first-order valence-corrected chi connectivity index (χ1v) is 11.8. The van der Waals surface area contributed by atoms with E-state index in [1.54, 1.807) is 6.33 Å². The highest BCUT2D eigenvalue weighted by atomic mass is 35.5. The molecule has 0 saturated carbocycles. The molecular weight excluding hydrogens is 448 g/mol. The molecular formula is C26H27ClN6O. The highest BCUT2D eigenvalue weighted by molar-refractivity contribution is 6.30. The van der Waals surface area contributed by atoms with Crippen molar-refractivity contribution in [1.29, 1.82) is 0 Å². The molecule has 1 saturated heterocycles. The van der Waals surface area contributed by atoms with Crippen LogP contribution in [0, 0.1) is 0 Å². The normalized spacial score (nSPS) is 16.4. The van der Waals surface area contributed by atoms with E-state index in [0.717, 1.165) is 28.0 Å². The quantitative estimate of drug-likeness (QED) is 0.392. The second-order valence-corrected chi connectivity index (χ2v) is 9.28. The SMILES string of the molecule is NC1(C(=O)N[C@@H](Cc2ccccc2)c2ccc(Cl)cc2)CCN(c2ncnc3[nH]ccc23)CC1. The van der Waals surface area contributed by atoms with Gasteiger partial charge in [0.05, 0.1) is 17.0 Å². The lowest BCUT2D eigenvalue weighted by Crippen LogP contribution is -2.60. The minimum Gasteiger partial charge on any atom is -0.356 e. The molecule has 3 heterocycles. The van der Waals surface area contributed by atoms with E-state index in [2.05, 4.69) is 37.3 Å². The van der Waals surface area contributed by atoms with Crippen molar-refractivity contribution < 1.29 is 4.79 Å². The van der Waals surface area contributed by atoms with Gasteiger partial charge >= 0.3 is 0 Å². The number of piperidine rings is 1. The topological polar surface area (TPSA) is 99.9 Å². The van der Waals surface area contributed by atoms with E-state index in [0.29, 0.717) is 37.4 Å². The molecule has 0 spiro atoms. The molecule has 1 aliphatic heterocycles. The predicted molar refractivity (Wildman–Crippen MR) is 135 cm³/mol. The molecule has 34 heavy (non-hydrogen) atoms. The van der Waals surface area contributed by atoms with Crippen LogP contribution < -0.4 is 16.0 Å². The van der Waals surface area contributed by atoms with Crippen LogP contribution in [-0.2, 0) is 11.2 Å². The highest BCUT2D eigenvalue weighted by Crippen LogP contribution is 2.29. The third-order valence-corrected chi connectivity index (χ3v) is 6.85. The Hall–Kier alpha value is -3.42. The molecule has 0 unspecified atom stereocenters. The van der Waals surface area contributed by atoms with Gasteiger partial charge in [0.2, 0.25) is 5.91 Å². The van der Waals surface area contributed by atoms with Crippen LogP contribution in [0.2, 0.25) is 5.02 Å². The van der Waals surface area contributed by atoms with Crippen LogP contribution in [0.1, 0.15) is 30.0 Å². The standard InChI is InChI=1S/C26H27ClN6O/c27-20-8-6-19(7-9-20)22(16-18-4-2-1-3-5-18)32-25(34)26(28)11-14-33(15-12-26)24-21-10-13-29-23(21)30-17-31-24/h1-10,13,17,22H,11-12,14-16,28H2,(H,32,34)(H,29,30,31)/t22-/m0/s1. The second-order valence-electron chi connectivity index (χ2n) is 8.85. The van der Waals surface area contributed by atoms with Gasteiger partial charge < -0.3 is 20.9 Å². The smallest absolute Gasteiger partial charge is 0.240 e. The van der Waals surface area contributed by atoms with Crippen LogP contribution in [0.25, 0.3) is 11.0 Å². The molecule has 4 aromatic rings. The van der Waals surface area contributed by atoms with Gasteiger partial charge in [0.1, 0.15) is 17.8 Å². The first kappa shape index (κ1) is 22.4. The Morgan fingerprint density at radius 2 is 1.82 bits per heavy atom. The van der Waals surface area contributed by atoms with E-state index in [1.807, 2.05) is 54.7 Å². The fraction of sp³-hybridized carbons (Fsp3) is 0.269. The fourth-order valence-corrected chi connectivity index (χ4v) is 4.68. The highest BCUT2D eigenvalue weighted by Gasteiger charge is 2.39. The minimum absolute atomic E-state index is 0.127. The van der Waals surface area contributed by atoms with E-state index in [-0.39, 0.29) is 11.9 Å². The third kappa shape index (κ3) is 4.62. The number of hydrogen-bond donors (Lipinski definition) is 3. The molecule has 5 rings (SSSR count). The maximum Gasteiger partial charge on any atom is 0.240 e. The molecule has 0 bridgehead atoms. The molecule has 2 aromatic carbocycles. The summed E-state index contributed by atoms with van der Waals surface area (Å²) in [4.78, 5) is 27.5. The van der Waals surface area contributed by atoms with Crippen molar-refractivity contribution in [2.45, 2.75) is 30.8 Å². The van der Waals surface area contributed by atoms with E-state index in [4.69, 9.17) is 17.3 Å². The van der Waals surface area contributed by atoms with Crippen molar-refractivity contribution in [2.75, 3.05) is 18.0 Å². The number of nitrogens with one attached hydrogen (secondary N) is 2. The number of aromatic amines is 1. The summed E-state index contributed by atoms with van der Waals surface area (Å²) < 4.78 is 0. The molecule has 0 radical (unpaired) electrons. The van der Waals surface area contributed by atoms with Crippen molar-refractivity contribution in [2.24, 2.45) is 5.73 Å². The summed E-state index contributed by atoms with van der Waals surface area (Å²) in [6.45, 7) is 1.29. The molecule has 2 aromatic heterocycles. The summed E-state index contributed by atoms with van der Waals surface area (Å²) in [5, 5.41) is 4.87. The van der Waals surface area contributed by atoms with Gasteiger partial charge in [-0.1, -0.05) is 54.1 Å². The number of carbonyl (C=O) groups excluding carboxylic acids is 1. The number of amides is 1. The molecule has 7 nitrogen and oxygen atoms in total. The number of benzene rings is 2. The molecule has 1 aliphatic rings. The molecule has 1 fully saturated rings. The number of hydrogen-bond acceptors (Lipinski definition) is 5. The van der Waals surface area contributed by atoms with Gasteiger partial charge in [0, 0.05) is 24.3 Å².